The van der Waals surface area contributed by atoms with Gasteiger partial charge in [0.1, 0.15) is 23.4 Å². The summed E-state index contributed by atoms with van der Waals surface area (Å²) in [5.74, 6) is 3.49. The van der Waals surface area contributed by atoms with E-state index in [1.54, 1.807) is 0 Å². The van der Waals surface area contributed by atoms with E-state index in [4.69, 9.17) is 14.2 Å². The number of hydrogen-bond donors (Lipinski definition) is 0. The molecule has 5 rings (SSSR count). The maximum Gasteiger partial charge on any atom is 0.116 e. The first-order valence-corrected chi connectivity index (χ1v) is 18.1. The summed E-state index contributed by atoms with van der Waals surface area (Å²) in [4.78, 5) is 13.7. The predicted molar refractivity (Wildman–Crippen MR) is 175 cm³/mol. The average Bonchev–Trinajstić information content (AvgIpc) is 3.03. The summed E-state index contributed by atoms with van der Waals surface area (Å²) in [6.07, 6.45) is 8.91. The highest BCUT2D eigenvalue weighted by molar-refractivity contribution is 5.45. The molecule has 4 atom stereocenters. The molecule has 8 heteroatoms. The Balaban J connectivity index is 1.68. The lowest BCUT2D eigenvalue weighted by Gasteiger charge is -2.64. The van der Waals surface area contributed by atoms with Gasteiger partial charge in [-0.2, -0.15) is 0 Å². The Bertz CT molecular complexity index is 981. The van der Waals surface area contributed by atoms with Crippen LogP contribution in [-0.4, -0.2) is 127 Å². The van der Waals surface area contributed by atoms with Crippen molar-refractivity contribution >= 4 is 0 Å². The lowest BCUT2D eigenvalue weighted by Crippen LogP contribution is -2.74. The minimum atomic E-state index is -0.121. The molecule has 0 aromatic heterocycles. The zero-order chi connectivity index (χ0) is 30.6. The molecule has 0 N–H and O–H groups in total. The van der Waals surface area contributed by atoms with Gasteiger partial charge in [-0.25, -0.2) is 0 Å². The number of rotatable bonds is 12. The van der Waals surface area contributed by atoms with Crippen LogP contribution >= 0.6 is 0 Å². The van der Waals surface area contributed by atoms with Crippen LogP contribution in [0.25, 0.3) is 0 Å². The number of likely N-dealkylation sites (N-methyl/N-ethyl adjacent to an activating group) is 2. The van der Waals surface area contributed by atoms with Crippen molar-refractivity contribution in [3.05, 3.63) is 22.8 Å². The van der Waals surface area contributed by atoms with Crippen LogP contribution in [0, 0.1) is 5.92 Å². The first kappa shape index (κ1) is 33.1. The molecule has 4 aliphatic heterocycles. The number of nitrogens with zero attached hydrogens (tertiary/aromatic N) is 5. The van der Waals surface area contributed by atoms with Gasteiger partial charge >= 0.3 is 0 Å². The van der Waals surface area contributed by atoms with Gasteiger partial charge < -0.3 is 28.9 Å². The van der Waals surface area contributed by atoms with Crippen molar-refractivity contribution in [3.8, 4) is 0 Å². The van der Waals surface area contributed by atoms with Crippen LogP contribution in [0.4, 0.5) is 0 Å². The van der Waals surface area contributed by atoms with E-state index >= 15 is 0 Å². The smallest absolute Gasteiger partial charge is 0.116 e. The highest BCUT2D eigenvalue weighted by atomic mass is 16.5. The van der Waals surface area contributed by atoms with Crippen LogP contribution in [0.15, 0.2) is 22.8 Å². The van der Waals surface area contributed by atoms with E-state index < -0.39 is 0 Å². The van der Waals surface area contributed by atoms with Crippen molar-refractivity contribution in [1.82, 2.24) is 24.5 Å². The second-order valence-corrected chi connectivity index (χ2v) is 13.1. The molecule has 0 aromatic rings. The molecule has 1 aliphatic carbocycles. The van der Waals surface area contributed by atoms with E-state index in [1.807, 2.05) is 0 Å². The monoisotopic (exact) mass is 601 g/mol. The average molecular weight is 602 g/mol. The number of hydrogen-bond acceptors (Lipinski definition) is 8. The Morgan fingerprint density at radius 1 is 0.674 bits per heavy atom. The van der Waals surface area contributed by atoms with Gasteiger partial charge in [0.2, 0.25) is 0 Å². The fourth-order valence-corrected chi connectivity index (χ4v) is 9.13. The van der Waals surface area contributed by atoms with Gasteiger partial charge in [0.25, 0.3) is 0 Å². The fraction of sp³-hybridized carbons (Fsp3) is 0.886. The van der Waals surface area contributed by atoms with Crippen LogP contribution < -0.4 is 0 Å². The van der Waals surface area contributed by atoms with Gasteiger partial charge in [0.15, 0.2) is 0 Å². The highest BCUT2D eigenvalue weighted by Crippen LogP contribution is 2.50. The summed E-state index contributed by atoms with van der Waals surface area (Å²) in [6, 6.07) is 0. The van der Waals surface area contributed by atoms with E-state index in [0.717, 1.165) is 71.1 Å². The number of piperazine rings is 1. The third kappa shape index (κ3) is 6.13. The molecule has 8 nitrogen and oxygen atoms in total. The van der Waals surface area contributed by atoms with Gasteiger partial charge in [0.05, 0.1) is 12.2 Å². The van der Waals surface area contributed by atoms with E-state index in [1.165, 1.54) is 61.4 Å². The predicted octanol–water partition coefficient (Wildman–Crippen LogP) is 5.33. The van der Waals surface area contributed by atoms with Gasteiger partial charge in [-0.05, 0) is 73.3 Å². The van der Waals surface area contributed by atoms with Crippen LogP contribution in [0.1, 0.15) is 93.4 Å². The lowest BCUT2D eigenvalue weighted by molar-refractivity contribution is -0.150. The van der Waals surface area contributed by atoms with Gasteiger partial charge in [0, 0.05) is 89.7 Å². The van der Waals surface area contributed by atoms with E-state index in [-0.39, 0.29) is 24.0 Å². The van der Waals surface area contributed by atoms with Gasteiger partial charge in [-0.3, -0.25) is 9.80 Å². The zero-order valence-electron chi connectivity index (χ0n) is 28.7. The summed E-state index contributed by atoms with van der Waals surface area (Å²) in [7, 11) is 0. The van der Waals surface area contributed by atoms with Crippen LogP contribution in [0.2, 0.25) is 0 Å². The molecule has 0 amide bonds. The van der Waals surface area contributed by atoms with Crippen molar-refractivity contribution in [2.24, 2.45) is 5.92 Å². The molecule has 1 saturated heterocycles. The van der Waals surface area contributed by atoms with Gasteiger partial charge in [-0.1, -0.05) is 26.2 Å². The zero-order valence-corrected chi connectivity index (χ0v) is 28.7. The standard InChI is InChI=1S/C35H63N5O3/c1-8-36-22-23-38(25-27-18-16-15-17-19-27)35(26-36)24-29(42-13-6)31-32(43-14-7)30-28(41-12-5)20-21-37(9-2)33(30)39(10-3)34(31)40(35)11-4/h27-29,32H,8-26H2,1-7H3. The molecule has 4 unspecified atom stereocenters. The molecule has 0 aromatic carbocycles. The molecule has 246 valence electrons. The van der Waals surface area contributed by atoms with Gasteiger partial charge in [-0.15, -0.1) is 0 Å². The fourth-order valence-electron chi connectivity index (χ4n) is 9.13. The molecule has 5 aliphatic rings. The first-order valence-electron chi connectivity index (χ1n) is 18.1. The minimum Gasteiger partial charge on any atom is -0.374 e. The Kier molecular flexibility index (Phi) is 11.4. The maximum absolute atomic E-state index is 6.86. The third-order valence-electron chi connectivity index (χ3n) is 11.0. The molecular weight excluding hydrogens is 538 g/mol. The second-order valence-electron chi connectivity index (χ2n) is 13.1. The van der Waals surface area contributed by atoms with Crippen LogP contribution in [-0.2, 0) is 14.2 Å². The van der Waals surface area contributed by atoms with Crippen LogP contribution in [0.5, 0.6) is 0 Å². The molecule has 1 saturated carbocycles. The molecule has 4 heterocycles. The van der Waals surface area contributed by atoms with Crippen molar-refractivity contribution in [2.45, 2.75) is 117 Å². The summed E-state index contributed by atoms with van der Waals surface area (Å²) >= 11 is 0. The van der Waals surface area contributed by atoms with Crippen LogP contribution in [0.3, 0.4) is 0 Å². The lowest BCUT2D eigenvalue weighted by atomic mass is 9.78. The Labute approximate surface area is 263 Å². The quantitative estimate of drug-likeness (QED) is 0.298. The van der Waals surface area contributed by atoms with Crippen molar-refractivity contribution in [1.29, 1.82) is 0 Å². The third-order valence-corrected chi connectivity index (χ3v) is 11.0. The molecular formula is C35H63N5O3. The Morgan fingerprint density at radius 3 is 2.00 bits per heavy atom. The summed E-state index contributed by atoms with van der Waals surface area (Å²) in [5.41, 5.74) is 2.56. The molecule has 0 radical (unpaired) electrons. The highest BCUT2D eigenvalue weighted by Gasteiger charge is 2.57. The normalized spacial score (nSPS) is 31.3. The van der Waals surface area contributed by atoms with E-state index in [2.05, 4.69) is 73.0 Å². The minimum absolute atomic E-state index is 0.00684. The topological polar surface area (TPSA) is 43.9 Å². The Hall–Kier alpha value is -1.32. The SMILES string of the molecule is CCOC1CCN(CC)C2=C1C(OCC)C1=C(N2CC)N(CC)C2(CC1OCC)CN(CC)CCN2CC1CCCCC1. The van der Waals surface area contributed by atoms with Crippen molar-refractivity contribution < 1.29 is 14.2 Å². The molecule has 0 bridgehead atoms. The largest absolute Gasteiger partial charge is 0.374 e. The first-order chi connectivity index (χ1) is 21.0. The van der Waals surface area contributed by atoms with Crippen molar-refractivity contribution in [3.63, 3.8) is 0 Å². The van der Waals surface area contributed by atoms with Crippen molar-refractivity contribution in [2.75, 3.05) is 78.7 Å². The molecule has 2 fully saturated rings. The molecule has 43 heavy (non-hydrogen) atoms. The van der Waals surface area contributed by atoms with E-state index in [0.29, 0.717) is 19.8 Å². The van der Waals surface area contributed by atoms with E-state index in [9.17, 15) is 0 Å². The summed E-state index contributed by atoms with van der Waals surface area (Å²) in [6.45, 7) is 27.4. The summed E-state index contributed by atoms with van der Waals surface area (Å²) < 4.78 is 20.2. The molecule has 1 spiro atoms. The Morgan fingerprint density at radius 2 is 1.37 bits per heavy atom. The summed E-state index contributed by atoms with van der Waals surface area (Å²) in [5, 5.41) is 0. The second kappa shape index (κ2) is 14.8. The number of ether oxygens (including phenoxy) is 3. The maximum atomic E-state index is 6.86.